The van der Waals surface area contributed by atoms with Gasteiger partial charge in [-0.05, 0) is 58.7 Å². The molecule has 3 heterocycles. The lowest BCUT2D eigenvalue weighted by Crippen LogP contribution is -1.90. The van der Waals surface area contributed by atoms with E-state index in [1.165, 1.54) is 11.1 Å². The molecule has 0 N–H and O–H groups in total. The van der Waals surface area contributed by atoms with E-state index in [-0.39, 0.29) is 0 Å². The molecule has 0 aliphatic rings. The highest BCUT2D eigenvalue weighted by Crippen LogP contribution is 2.33. The van der Waals surface area contributed by atoms with Crippen LogP contribution < -0.4 is 0 Å². The number of rotatable bonds is 5. The van der Waals surface area contributed by atoms with Crippen LogP contribution >= 0.6 is 11.3 Å². The van der Waals surface area contributed by atoms with Crippen molar-refractivity contribution in [3.05, 3.63) is 121 Å². The summed E-state index contributed by atoms with van der Waals surface area (Å²) in [6.07, 6.45) is 3.80. The first-order chi connectivity index (χ1) is 16.8. The van der Waals surface area contributed by atoms with Crippen LogP contribution in [-0.2, 0) is 0 Å². The topological polar surface area (TPSA) is 43.6 Å². The molecule has 0 unspecified atom stereocenters. The first-order valence-corrected chi connectivity index (χ1v) is 11.9. The first kappa shape index (κ1) is 20.3. The molecule has 4 nitrogen and oxygen atoms in total. The quantitative estimate of drug-likeness (QED) is 0.272. The molecule has 162 valence electrons. The highest BCUT2D eigenvalue weighted by atomic mass is 32.1. The van der Waals surface area contributed by atoms with Crippen LogP contribution in [0.25, 0.3) is 49.8 Å². The van der Waals surface area contributed by atoms with Gasteiger partial charge in [-0.25, -0.2) is 4.68 Å². The highest BCUT2D eigenvalue weighted by Gasteiger charge is 2.12. The third-order valence-electron chi connectivity index (χ3n) is 5.71. The smallest absolute Gasteiger partial charge is 0.120 e. The summed E-state index contributed by atoms with van der Waals surface area (Å²) >= 11 is 1.63. The zero-order valence-electron chi connectivity index (χ0n) is 18.2. The summed E-state index contributed by atoms with van der Waals surface area (Å²) in [5.41, 5.74) is 8.55. The predicted octanol–water partition coefficient (Wildman–Crippen LogP) is 7.39. The van der Waals surface area contributed by atoms with Crippen LogP contribution in [0.1, 0.15) is 0 Å². The molecule has 0 aliphatic heterocycles. The zero-order valence-corrected chi connectivity index (χ0v) is 19.1. The van der Waals surface area contributed by atoms with Crippen molar-refractivity contribution in [2.45, 2.75) is 0 Å². The molecule has 0 spiro atoms. The van der Waals surface area contributed by atoms with Gasteiger partial charge in [0.1, 0.15) is 10.7 Å². The number of aromatic nitrogens is 4. The lowest BCUT2D eigenvalue weighted by atomic mass is 9.95. The van der Waals surface area contributed by atoms with E-state index in [1.807, 2.05) is 47.4 Å². The molecule has 6 aromatic rings. The minimum Gasteiger partial charge on any atom is -0.256 e. The summed E-state index contributed by atoms with van der Waals surface area (Å²) in [5.74, 6) is 0. The number of thiophene rings is 1. The van der Waals surface area contributed by atoms with Gasteiger partial charge in [-0.1, -0.05) is 71.9 Å². The Morgan fingerprint density at radius 2 is 1.21 bits per heavy atom. The number of nitrogens with zero attached hydrogens (tertiary/aromatic N) is 4. The van der Waals surface area contributed by atoms with Crippen LogP contribution in [0.5, 0.6) is 0 Å². The van der Waals surface area contributed by atoms with E-state index in [9.17, 15) is 0 Å². The fourth-order valence-electron chi connectivity index (χ4n) is 3.99. The van der Waals surface area contributed by atoms with Crippen molar-refractivity contribution in [2.75, 3.05) is 0 Å². The number of hydrogen-bond acceptors (Lipinski definition) is 4. The molecule has 0 amide bonds. The zero-order chi connectivity index (χ0) is 22.7. The fraction of sp³-hybridized carbons (Fsp3) is 0. The van der Waals surface area contributed by atoms with E-state index < -0.39 is 0 Å². The summed E-state index contributed by atoms with van der Waals surface area (Å²) in [7, 11) is 0. The molecule has 0 bridgehead atoms. The molecule has 3 aromatic carbocycles. The maximum atomic E-state index is 4.52. The second kappa shape index (κ2) is 8.89. The third kappa shape index (κ3) is 4.05. The van der Waals surface area contributed by atoms with Gasteiger partial charge in [0.05, 0.1) is 11.9 Å². The van der Waals surface area contributed by atoms with E-state index >= 15 is 0 Å². The summed E-state index contributed by atoms with van der Waals surface area (Å²) < 4.78 is 1.84. The molecule has 0 saturated heterocycles. The Balaban J connectivity index is 1.40. The van der Waals surface area contributed by atoms with Gasteiger partial charge in [0.2, 0.25) is 0 Å². The molecule has 34 heavy (non-hydrogen) atoms. The second-order valence-electron chi connectivity index (χ2n) is 7.97. The summed E-state index contributed by atoms with van der Waals surface area (Å²) in [6.45, 7) is 0. The van der Waals surface area contributed by atoms with Gasteiger partial charge in [-0.2, -0.15) is 0 Å². The Kier molecular flexibility index (Phi) is 5.30. The molecular weight excluding hydrogens is 436 g/mol. The summed E-state index contributed by atoms with van der Waals surface area (Å²) in [6, 6.07) is 35.5. The third-order valence-corrected chi connectivity index (χ3v) is 6.63. The average Bonchev–Trinajstić information content (AvgIpc) is 3.60. The van der Waals surface area contributed by atoms with Gasteiger partial charge in [0.15, 0.2) is 0 Å². The number of hydrogen-bond donors (Lipinski definition) is 0. The minimum absolute atomic E-state index is 0.836. The van der Waals surface area contributed by atoms with Gasteiger partial charge in [-0.3, -0.25) is 4.98 Å². The summed E-state index contributed by atoms with van der Waals surface area (Å²) in [5, 5.41) is 12.1. The van der Waals surface area contributed by atoms with E-state index in [0.29, 0.717) is 0 Å². The molecule has 0 fully saturated rings. The monoisotopic (exact) mass is 456 g/mol. The molecular formula is C29H20N4S. The lowest BCUT2D eigenvalue weighted by Gasteiger charge is -2.09. The van der Waals surface area contributed by atoms with Crippen LogP contribution in [-0.4, -0.2) is 20.0 Å². The predicted molar refractivity (Wildman–Crippen MR) is 139 cm³/mol. The fourth-order valence-corrected chi connectivity index (χ4v) is 4.82. The van der Waals surface area contributed by atoms with Crippen LogP contribution in [0, 0.1) is 0 Å². The van der Waals surface area contributed by atoms with Gasteiger partial charge < -0.3 is 0 Å². The molecule has 5 heteroatoms. The molecule has 0 aliphatic carbocycles. The molecule has 0 saturated carbocycles. The van der Waals surface area contributed by atoms with Crippen LogP contribution in [0.15, 0.2) is 121 Å². The van der Waals surface area contributed by atoms with Crippen molar-refractivity contribution in [3.63, 3.8) is 0 Å². The normalized spacial score (nSPS) is 10.9. The van der Waals surface area contributed by atoms with Gasteiger partial charge in [-0.15, -0.1) is 16.4 Å². The maximum absolute atomic E-state index is 4.52. The minimum atomic E-state index is 0.836. The van der Waals surface area contributed by atoms with Crippen molar-refractivity contribution >= 4 is 11.3 Å². The Hall–Kier alpha value is -4.35. The maximum Gasteiger partial charge on any atom is 0.120 e. The van der Waals surface area contributed by atoms with E-state index in [1.54, 1.807) is 11.3 Å². The molecule has 3 aromatic heterocycles. The van der Waals surface area contributed by atoms with Crippen molar-refractivity contribution in [3.8, 4) is 49.8 Å². The van der Waals surface area contributed by atoms with Crippen molar-refractivity contribution in [1.29, 1.82) is 0 Å². The largest absolute Gasteiger partial charge is 0.256 e. The van der Waals surface area contributed by atoms with Crippen molar-refractivity contribution in [1.82, 2.24) is 20.0 Å². The highest BCUT2D eigenvalue weighted by molar-refractivity contribution is 7.13. The van der Waals surface area contributed by atoms with E-state index in [4.69, 9.17) is 0 Å². The lowest BCUT2D eigenvalue weighted by molar-refractivity contribution is 0.815. The first-order valence-electron chi connectivity index (χ1n) is 11.0. The van der Waals surface area contributed by atoms with Gasteiger partial charge in [0.25, 0.3) is 0 Å². The Bertz CT molecular complexity index is 1480. The van der Waals surface area contributed by atoms with Crippen LogP contribution in [0.4, 0.5) is 0 Å². The Morgan fingerprint density at radius 3 is 1.85 bits per heavy atom. The van der Waals surface area contributed by atoms with Crippen LogP contribution in [0.3, 0.4) is 0 Å². The summed E-state index contributed by atoms with van der Waals surface area (Å²) in [4.78, 5) is 4.45. The number of pyridine rings is 1. The average molecular weight is 457 g/mol. The van der Waals surface area contributed by atoms with Crippen LogP contribution in [0.2, 0.25) is 0 Å². The van der Waals surface area contributed by atoms with Gasteiger partial charge >= 0.3 is 0 Å². The molecule has 0 radical (unpaired) electrons. The number of benzene rings is 3. The van der Waals surface area contributed by atoms with Gasteiger partial charge in [0, 0.05) is 22.7 Å². The molecule has 0 atom stereocenters. The molecule has 6 rings (SSSR count). The second-order valence-corrected chi connectivity index (χ2v) is 8.86. The Morgan fingerprint density at radius 1 is 0.559 bits per heavy atom. The van der Waals surface area contributed by atoms with Crippen molar-refractivity contribution < 1.29 is 0 Å². The van der Waals surface area contributed by atoms with E-state index in [0.717, 1.165) is 38.6 Å². The van der Waals surface area contributed by atoms with E-state index in [2.05, 4.69) is 93.5 Å². The van der Waals surface area contributed by atoms with Crippen molar-refractivity contribution in [2.24, 2.45) is 0 Å². The SMILES string of the molecule is c1ccc(-c2cc(-c3ccccc3)cc(-c3cn(-c4cc(-c5ccccn5)cs4)nn3)c2)cc1. The standard InChI is InChI=1S/C29H20N4S/c1-3-9-21(10-4-1)23-15-24(22-11-5-2-6-12-22)17-25(16-23)28-19-33(32-31-28)29-18-26(20-34-29)27-13-7-8-14-30-27/h1-20H. The Labute approximate surface area is 201 Å².